The van der Waals surface area contributed by atoms with Gasteiger partial charge >= 0.3 is 0 Å². The number of aryl methyl sites for hydroxylation is 1. The van der Waals surface area contributed by atoms with Crippen LogP contribution in [0.1, 0.15) is 49.8 Å². The topological polar surface area (TPSA) is 46.9 Å². The van der Waals surface area contributed by atoms with Crippen molar-refractivity contribution < 1.29 is 4.79 Å². The highest BCUT2D eigenvalue weighted by molar-refractivity contribution is 5.83. The van der Waals surface area contributed by atoms with E-state index in [-0.39, 0.29) is 5.41 Å². The molecule has 1 heterocycles. The summed E-state index contributed by atoms with van der Waals surface area (Å²) in [7, 11) is 1.94. The number of carbonyl (C=O) groups excluding carboxylic acids is 1. The highest BCUT2D eigenvalue weighted by Crippen LogP contribution is 2.60. The molecule has 0 atom stereocenters. The summed E-state index contributed by atoms with van der Waals surface area (Å²) in [6.07, 6.45) is 9.43. The van der Waals surface area contributed by atoms with Gasteiger partial charge in [-0.3, -0.25) is 9.48 Å². The Balaban J connectivity index is 1.46. The minimum absolute atomic E-state index is 0.0368. The van der Waals surface area contributed by atoms with Gasteiger partial charge in [0.05, 0.1) is 6.20 Å². The van der Waals surface area contributed by atoms with Crippen LogP contribution < -0.4 is 5.32 Å². The third-order valence-corrected chi connectivity index (χ3v) is 6.30. The third-order valence-electron chi connectivity index (χ3n) is 6.30. The van der Waals surface area contributed by atoms with Crippen LogP contribution in [0.25, 0.3) is 0 Å². The Morgan fingerprint density at radius 3 is 2.33 bits per heavy atom. The largest absolute Gasteiger partial charge is 0.351 e. The van der Waals surface area contributed by atoms with E-state index in [9.17, 15) is 4.79 Å². The molecule has 4 heteroatoms. The molecular formula is C17H25N3O. The van der Waals surface area contributed by atoms with Crippen molar-refractivity contribution in [2.45, 2.75) is 52.0 Å². The van der Waals surface area contributed by atoms with Gasteiger partial charge in [0.15, 0.2) is 0 Å². The molecule has 1 amide bonds. The summed E-state index contributed by atoms with van der Waals surface area (Å²) in [5.74, 6) is 2.77. The molecule has 4 saturated carbocycles. The summed E-state index contributed by atoms with van der Waals surface area (Å²) in [5, 5.41) is 7.47. The van der Waals surface area contributed by atoms with Crippen LogP contribution in [0.15, 0.2) is 6.20 Å². The maximum Gasteiger partial charge on any atom is 0.226 e. The zero-order valence-electron chi connectivity index (χ0n) is 13.1. The number of nitrogens with zero attached hydrogens (tertiary/aromatic N) is 2. The zero-order chi connectivity index (χ0) is 14.6. The predicted octanol–water partition coefficient (Wildman–Crippen LogP) is 2.56. The van der Waals surface area contributed by atoms with Crippen LogP contribution in [0.5, 0.6) is 0 Å². The molecule has 0 unspecified atom stereocenters. The monoisotopic (exact) mass is 287 g/mol. The minimum Gasteiger partial charge on any atom is -0.351 e. The van der Waals surface area contributed by atoms with Gasteiger partial charge in [-0.05, 0) is 63.2 Å². The Morgan fingerprint density at radius 2 is 1.86 bits per heavy atom. The standard InChI is InChI=1S/C17H25N3O/c1-11-15(10-19-20(11)2)9-18-16(21)17-6-12-3-13(7-17)5-14(4-12)8-17/h10,12-14H,3-9H2,1-2H3,(H,18,21). The lowest BCUT2D eigenvalue weighted by atomic mass is 9.49. The second-order valence-corrected chi connectivity index (χ2v) is 7.76. The summed E-state index contributed by atoms with van der Waals surface area (Å²) in [4.78, 5) is 12.8. The third kappa shape index (κ3) is 2.11. The first-order valence-electron chi connectivity index (χ1n) is 8.31. The van der Waals surface area contributed by atoms with Crippen molar-refractivity contribution >= 4 is 5.91 Å². The van der Waals surface area contributed by atoms with Crippen LogP contribution in [-0.2, 0) is 18.4 Å². The normalized spacial score (nSPS) is 37.0. The van der Waals surface area contributed by atoms with Crippen molar-refractivity contribution in [2.75, 3.05) is 0 Å². The van der Waals surface area contributed by atoms with E-state index in [0.717, 1.165) is 48.3 Å². The van der Waals surface area contributed by atoms with E-state index < -0.39 is 0 Å². The van der Waals surface area contributed by atoms with E-state index in [1.54, 1.807) is 0 Å². The molecular weight excluding hydrogens is 262 g/mol. The van der Waals surface area contributed by atoms with Crippen molar-refractivity contribution in [1.29, 1.82) is 0 Å². The zero-order valence-corrected chi connectivity index (χ0v) is 13.1. The van der Waals surface area contributed by atoms with Gasteiger partial charge < -0.3 is 5.32 Å². The summed E-state index contributed by atoms with van der Waals surface area (Å²) >= 11 is 0. The number of rotatable bonds is 3. The number of hydrogen-bond donors (Lipinski definition) is 1. The molecule has 21 heavy (non-hydrogen) atoms. The number of aromatic nitrogens is 2. The average Bonchev–Trinajstić information content (AvgIpc) is 2.75. The van der Waals surface area contributed by atoms with E-state index in [2.05, 4.69) is 17.3 Å². The van der Waals surface area contributed by atoms with Crippen LogP contribution in [0.4, 0.5) is 0 Å². The van der Waals surface area contributed by atoms with Gasteiger partial charge in [-0.25, -0.2) is 0 Å². The molecule has 0 aromatic carbocycles. The molecule has 4 aliphatic carbocycles. The molecule has 4 nitrogen and oxygen atoms in total. The second kappa shape index (κ2) is 4.59. The summed E-state index contributed by atoms with van der Waals surface area (Å²) in [5.41, 5.74) is 2.24. The van der Waals surface area contributed by atoms with Crippen molar-refractivity contribution in [2.24, 2.45) is 30.2 Å². The Morgan fingerprint density at radius 1 is 1.29 bits per heavy atom. The Hall–Kier alpha value is -1.32. The number of hydrogen-bond acceptors (Lipinski definition) is 2. The summed E-state index contributed by atoms with van der Waals surface area (Å²) in [6.45, 7) is 2.68. The molecule has 114 valence electrons. The fourth-order valence-electron chi connectivity index (χ4n) is 5.47. The minimum atomic E-state index is -0.0368. The average molecular weight is 287 g/mol. The Bertz CT molecular complexity index is 539. The lowest BCUT2D eigenvalue weighted by Gasteiger charge is -2.55. The van der Waals surface area contributed by atoms with Crippen LogP contribution >= 0.6 is 0 Å². The predicted molar refractivity (Wildman–Crippen MR) is 80.4 cm³/mol. The van der Waals surface area contributed by atoms with Gasteiger partial charge in [-0.2, -0.15) is 5.10 Å². The van der Waals surface area contributed by atoms with Gasteiger partial charge in [0.1, 0.15) is 0 Å². The van der Waals surface area contributed by atoms with Crippen molar-refractivity contribution in [3.63, 3.8) is 0 Å². The second-order valence-electron chi connectivity index (χ2n) is 7.76. The Kier molecular flexibility index (Phi) is 2.92. The van der Waals surface area contributed by atoms with Crippen molar-refractivity contribution in [1.82, 2.24) is 15.1 Å². The summed E-state index contributed by atoms with van der Waals surface area (Å²) < 4.78 is 1.87. The first-order valence-corrected chi connectivity index (χ1v) is 8.31. The highest BCUT2D eigenvalue weighted by atomic mass is 16.2. The van der Waals surface area contributed by atoms with E-state index in [1.807, 2.05) is 17.9 Å². The van der Waals surface area contributed by atoms with E-state index in [4.69, 9.17) is 0 Å². The van der Waals surface area contributed by atoms with Crippen LogP contribution in [0.2, 0.25) is 0 Å². The maximum absolute atomic E-state index is 12.8. The number of carbonyl (C=O) groups is 1. The van der Waals surface area contributed by atoms with E-state index in [0.29, 0.717) is 12.5 Å². The molecule has 5 rings (SSSR count). The fourth-order valence-corrected chi connectivity index (χ4v) is 5.47. The number of nitrogens with one attached hydrogen (secondary N) is 1. The molecule has 0 spiro atoms. The van der Waals surface area contributed by atoms with Crippen molar-refractivity contribution in [3.05, 3.63) is 17.5 Å². The molecule has 0 aliphatic heterocycles. The quantitative estimate of drug-likeness (QED) is 0.928. The van der Waals surface area contributed by atoms with Gasteiger partial charge in [0.25, 0.3) is 0 Å². The first-order chi connectivity index (χ1) is 10.1. The van der Waals surface area contributed by atoms with Crippen LogP contribution in [0.3, 0.4) is 0 Å². The maximum atomic E-state index is 12.8. The SMILES string of the molecule is Cc1c(CNC(=O)C23CC4CC(CC(C4)C2)C3)cnn1C. The molecule has 4 fully saturated rings. The Labute approximate surface area is 126 Å². The first kappa shape index (κ1) is 13.4. The molecule has 4 bridgehead atoms. The highest BCUT2D eigenvalue weighted by Gasteiger charge is 2.54. The van der Waals surface area contributed by atoms with Crippen LogP contribution in [-0.4, -0.2) is 15.7 Å². The molecule has 1 aromatic rings. The van der Waals surface area contributed by atoms with Gasteiger partial charge in [-0.15, -0.1) is 0 Å². The molecule has 1 N–H and O–H groups in total. The smallest absolute Gasteiger partial charge is 0.226 e. The molecule has 4 aliphatic rings. The van der Waals surface area contributed by atoms with Gasteiger partial charge in [0, 0.05) is 30.3 Å². The molecule has 0 radical (unpaired) electrons. The van der Waals surface area contributed by atoms with E-state index in [1.165, 1.54) is 19.3 Å². The fraction of sp³-hybridized carbons (Fsp3) is 0.765. The van der Waals surface area contributed by atoms with Crippen LogP contribution in [0, 0.1) is 30.1 Å². The molecule has 1 aromatic heterocycles. The van der Waals surface area contributed by atoms with E-state index >= 15 is 0 Å². The van der Waals surface area contributed by atoms with Gasteiger partial charge in [0.2, 0.25) is 5.91 Å². The van der Waals surface area contributed by atoms with Crippen molar-refractivity contribution in [3.8, 4) is 0 Å². The van der Waals surface area contributed by atoms with Gasteiger partial charge in [-0.1, -0.05) is 0 Å². The lowest BCUT2D eigenvalue weighted by molar-refractivity contribution is -0.146. The lowest BCUT2D eigenvalue weighted by Crippen LogP contribution is -2.53. The molecule has 0 saturated heterocycles. The summed E-state index contributed by atoms with van der Waals surface area (Å²) in [6, 6.07) is 0. The number of amides is 1.